The lowest BCUT2D eigenvalue weighted by atomic mass is 9.94. The number of rotatable bonds is 11. The molecule has 0 aliphatic carbocycles. The van der Waals surface area contributed by atoms with Crippen LogP contribution < -0.4 is 16.4 Å². The first-order valence-electron chi connectivity index (χ1n) is 11.7. The highest BCUT2D eigenvalue weighted by Crippen LogP contribution is 2.28. The minimum absolute atomic E-state index is 0.0332. The predicted octanol–water partition coefficient (Wildman–Crippen LogP) is 3.04. The number of ether oxygens (including phenoxy) is 1. The molecule has 9 heteroatoms. The summed E-state index contributed by atoms with van der Waals surface area (Å²) in [6.45, 7) is 16.4. The summed E-state index contributed by atoms with van der Waals surface area (Å²) in [5.41, 5.74) is 7.01. The van der Waals surface area contributed by atoms with Gasteiger partial charge in [0.25, 0.3) is 0 Å². The summed E-state index contributed by atoms with van der Waals surface area (Å²) in [7, 11) is 0. The number of nitrogens with one attached hydrogen (secondary N) is 2. The van der Waals surface area contributed by atoms with E-state index in [2.05, 4.69) is 17.2 Å². The second kappa shape index (κ2) is 12.9. The molecule has 0 aliphatic heterocycles. The van der Waals surface area contributed by atoms with Gasteiger partial charge in [-0.3, -0.25) is 14.4 Å². The molecular formula is C26H40N4O5. The van der Waals surface area contributed by atoms with Gasteiger partial charge in [-0.15, -0.1) is 6.58 Å². The van der Waals surface area contributed by atoms with E-state index in [1.54, 1.807) is 26.8 Å². The highest BCUT2D eigenvalue weighted by Gasteiger charge is 2.36. The number of hydrogen-bond acceptors (Lipinski definition) is 5. The first-order valence-corrected chi connectivity index (χ1v) is 11.7. The van der Waals surface area contributed by atoms with Crippen LogP contribution in [0.2, 0.25) is 0 Å². The van der Waals surface area contributed by atoms with Crippen molar-refractivity contribution < 1.29 is 23.9 Å². The number of benzene rings is 1. The van der Waals surface area contributed by atoms with Gasteiger partial charge in [0.1, 0.15) is 17.7 Å². The van der Waals surface area contributed by atoms with E-state index in [0.29, 0.717) is 5.56 Å². The Labute approximate surface area is 208 Å². The molecule has 0 saturated carbocycles. The van der Waals surface area contributed by atoms with Gasteiger partial charge in [-0.1, -0.05) is 24.3 Å². The van der Waals surface area contributed by atoms with Crippen LogP contribution in [-0.4, -0.2) is 52.9 Å². The number of aryl methyl sites for hydroxylation is 1. The van der Waals surface area contributed by atoms with Crippen LogP contribution in [-0.2, 0) is 19.1 Å². The Morgan fingerprint density at radius 2 is 1.77 bits per heavy atom. The molecule has 4 amide bonds. The normalized spacial score (nSPS) is 12.9. The molecule has 9 nitrogen and oxygen atoms in total. The standard InChI is InChI=1S/C26H40N4O5/c1-9-15-30(22(23(32)28-16(2)3)19-12-10-11-17(4)18(19)5)24(33)20(13-14-21(27)31)29-25(34)35-26(6,7)8/h9-12,16,20,22H,1,13-15H2,2-8H3,(H2,27,31)(H,28,32)(H,29,34). The SMILES string of the molecule is C=CCN(C(=O)C(CCC(N)=O)NC(=O)OC(C)(C)C)C(C(=O)NC(C)C)c1cccc(C)c1C. The van der Waals surface area contributed by atoms with Gasteiger partial charge in [-0.05, 0) is 71.6 Å². The summed E-state index contributed by atoms with van der Waals surface area (Å²) in [4.78, 5) is 52.6. The Hall–Kier alpha value is -3.36. The topological polar surface area (TPSA) is 131 Å². The van der Waals surface area contributed by atoms with Crippen molar-refractivity contribution in [2.24, 2.45) is 5.73 Å². The summed E-state index contributed by atoms with van der Waals surface area (Å²) in [6, 6.07) is 3.26. The third-order valence-electron chi connectivity index (χ3n) is 5.21. The first kappa shape index (κ1) is 29.7. The van der Waals surface area contributed by atoms with Crippen LogP contribution in [0, 0.1) is 13.8 Å². The van der Waals surface area contributed by atoms with E-state index in [0.717, 1.165) is 11.1 Å². The fourth-order valence-corrected chi connectivity index (χ4v) is 3.54. The molecule has 4 N–H and O–H groups in total. The van der Waals surface area contributed by atoms with E-state index in [1.807, 2.05) is 39.8 Å². The zero-order valence-electron chi connectivity index (χ0n) is 21.9. The van der Waals surface area contributed by atoms with Crippen LogP contribution in [0.1, 0.15) is 70.2 Å². The monoisotopic (exact) mass is 488 g/mol. The van der Waals surface area contributed by atoms with Crippen molar-refractivity contribution in [3.05, 3.63) is 47.5 Å². The average Bonchev–Trinajstić information content (AvgIpc) is 2.71. The van der Waals surface area contributed by atoms with E-state index >= 15 is 0 Å². The van der Waals surface area contributed by atoms with Gasteiger partial charge in [0.15, 0.2) is 0 Å². The third kappa shape index (κ3) is 9.42. The molecule has 0 fully saturated rings. The van der Waals surface area contributed by atoms with E-state index in [1.165, 1.54) is 11.0 Å². The second-order valence-electron chi connectivity index (χ2n) is 9.84. The van der Waals surface area contributed by atoms with Crippen LogP contribution in [0.4, 0.5) is 4.79 Å². The molecule has 0 spiro atoms. The molecule has 0 heterocycles. The van der Waals surface area contributed by atoms with E-state index < -0.39 is 35.6 Å². The summed E-state index contributed by atoms with van der Waals surface area (Å²) in [6.07, 6.45) is 0.512. The van der Waals surface area contributed by atoms with Gasteiger partial charge in [-0.25, -0.2) is 4.79 Å². The Kier molecular flexibility index (Phi) is 11.0. The van der Waals surface area contributed by atoms with Crippen molar-refractivity contribution >= 4 is 23.8 Å². The largest absolute Gasteiger partial charge is 0.444 e. The molecule has 1 aromatic carbocycles. The predicted molar refractivity (Wildman–Crippen MR) is 135 cm³/mol. The summed E-state index contributed by atoms with van der Waals surface area (Å²) in [5, 5.41) is 5.44. The van der Waals surface area contributed by atoms with Crippen LogP contribution in [0.25, 0.3) is 0 Å². The zero-order valence-corrected chi connectivity index (χ0v) is 21.9. The molecule has 2 atom stereocenters. The molecule has 0 aliphatic rings. The molecule has 0 radical (unpaired) electrons. The number of carbonyl (C=O) groups is 4. The number of alkyl carbamates (subject to hydrolysis) is 1. The van der Waals surface area contributed by atoms with Crippen molar-refractivity contribution in [2.75, 3.05) is 6.54 Å². The van der Waals surface area contributed by atoms with Crippen LogP contribution in [0.5, 0.6) is 0 Å². The van der Waals surface area contributed by atoms with Crippen molar-refractivity contribution in [1.29, 1.82) is 0 Å². The van der Waals surface area contributed by atoms with Gasteiger partial charge in [0.05, 0.1) is 0 Å². The average molecular weight is 489 g/mol. The molecule has 1 rings (SSSR count). The minimum Gasteiger partial charge on any atom is -0.444 e. The molecule has 2 unspecified atom stereocenters. The molecule has 0 bridgehead atoms. The molecular weight excluding hydrogens is 448 g/mol. The smallest absolute Gasteiger partial charge is 0.408 e. The van der Waals surface area contributed by atoms with Gasteiger partial charge in [0.2, 0.25) is 17.7 Å². The van der Waals surface area contributed by atoms with E-state index in [4.69, 9.17) is 10.5 Å². The summed E-state index contributed by atoms with van der Waals surface area (Å²) in [5.74, 6) is -1.54. The fraction of sp³-hybridized carbons (Fsp3) is 0.538. The molecule has 194 valence electrons. The van der Waals surface area contributed by atoms with Gasteiger partial charge in [-0.2, -0.15) is 0 Å². The highest BCUT2D eigenvalue weighted by atomic mass is 16.6. The number of amides is 4. The molecule has 35 heavy (non-hydrogen) atoms. The summed E-state index contributed by atoms with van der Waals surface area (Å²) < 4.78 is 5.31. The summed E-state index contributed by atoms with van der Waals surface area (Å²) >= 11 is 0. The van der Waals surface area contributed by atoms with Crippen molar-refractivity contribution in [2.45, 2.75) is 85.0 Å². The van der Waals surface area contributed by atoms with Crippen molar-refractivity contribution in [3.8, 4) is 0 Å². The zero-order chi connectivity index (χ0) is 26.9. The number of nitrogens with two attached hydrogens (primary N) is 1. The third-order valence-corrected chi connectivity index (χ3v) is 5.21. The Balaban J connectivity index is 3.52. The van der Waals surface area contributed by atoms with Crippen molar-refractivity contribution in [1.82, 2.24) is 15.5 Å². The van der Waals surface area contributed by atoms with Crippen molar-refractivity contribution in [3.63, 3.8) is 0 Å². The van der Waals surface area contributed by atoms with Crippen LogP contribution in [0.15, 0.2) is 30.9 Å². The minimum atomic E-state index is -1.14. The number of carbonyl (C=O) groups excluding carboxylic acids is 4. The maximum atomic E-state index is 13.8. The maximum absolute atomic E-state index is 13.8. The fourth-order valence-electron chi connectivity index (χ4n) is 3.54. The van der Waals surface area contributed by atoms with E-state index in [-0.39, 0.29) is 31.3 Å². The van der Waals surface area contributed by atoms with Gasteiger partial charge < -0.3 is 26.0 Å². The number of primary amides is 1. The quantitative estimate of drug-likeness (QED) is 0.412. The second-order valence-corrected chi connectivity index (χ2v) is 9.84. The van der Waals surface area contributed by atoms with Gasteiger partial charge >= 0.3 is 6.09 Å². The lowest BCUT2D eigenvalue weighted by Crippen LogP contribution is -2.53. The maximum Gasteiger partial charge on any atom is 0.408 e. The number of nitrogens with zero attached hydrogens (tertiary/aromatic N) is 1. The number of hydrogen-bond donors (Lipinski definition) is 3. The first-order chi connectivity index (χ1) is 16.2. The Morgan fingerprint density at radius 3 is 2.29 bits per heavy atom. The Morgan fingerprint density at radius 1 is 1.14 bits per heavy atom. The lowest BCUT2D eigenvalue weighted by molar-refractivity contribution is -0.142. The molecule has 1 aromatic rings. The van der Waals surface area contributed by atoms with Crippen LogP contribution in [0.3, 0.4) is 0 Å². The van der Waals surface area contributed by atoms with Crippen LogP contribution >= 0.6 is 0 Å². The Bertz CT molecular complexity index is 936. The molecule has 0 saturated heterocycles. The van der Waals surface area contributed by atoms with Gasteiger partial charge in [0, 0.05) is 19.0 Å². The molecule has 0 aromatic heterocycles. The lowest BCUT2D eigenvalue weighted by Gasteiger charge is -2.35. The van der Waals surface area contributed by atoms with E-state index in [9.17, 15) is 19.2 Å². The highest BCUT2D eigenvalue weighted by molar-refractivity contribution is 5.93.